The molecule has 0 unspecified atom stereocenters. The molecule has 1 heterocycles. The molecular weight excluding hydrogens is 329 g/mol. The smallest absolute Gasteiger partial charge is 0.317 e. The Balaban J connectivity index is 1.42. The Bertz CT molecular complexity index is 755. The maximum Gasteiger partial charge on any atom is 0.317 e. The standard InChI is InChI=1S/C21H24FN3O/c22-18-6-4-17(5-7-18)21(10-2-11-21)15-24-20(26)25(19-8-9-19)14-16-3-1-12-23-13-16/h1,3-7,12-13,19H,2,8-11,14-15H2,(H,24,26). The van der Waals surface area contributed by atoms with Gasteiger partial charge < -0.3 is 10.2 Å². The summed E-state index contributed by atoms with van der Waals surface area (Å²) in [7, 11) is 0. The van der Waals surface area contributed by atoms with Crippen LogP contribution in [0.3, 0.4) is 0 Å². The predicted molar refractivity (Wildman–Crippen MR) is 98.1 cm³/mol. The number of aromatic nitrogens is 1. The number of pyridine rings is 1. The average molecular weight is 353 g/mol. The zero-order chi connectivity index (χ0) is 18.0. The minimum atomic E-state index is -0.219. The first kappa shape index (κ1) is 17.0. The number of halogens is 1. The fourth-order valence-corrected chi connectivity index (χ4v) is 3.76. The number of hydrogen-bond donors (Lipinski definition) is 1. The van der Waals surface area contributed by atoms with E-state index in [4.69, 9.17) is 0 Å². The number of carbonyl (C=O) groups is 1. The highest BCUT2D eigenvalue weighted by Gasteiger charge is 2.40. The van der Waals surface area contributed by atoms with E-state index in [1.54, 1.807) is 6.20 Å². The van der Waals surface area contributed by atoms with E-state index in [9.17, 15) is 9.18 Å². The van der Waals surface area contributed by atoms with Gasteiger partial charge in [-0.2, -0.15) is 0 Å². The molecule has 0 saturated heterocycles. The van der Waals surface area contributed by atoms with E-state index in [1.165, 1.54) is 12.1 Å². The maximum absolute atomic E-state index is 13.2. The van der Waals surface area contributed by atoms with Crippen LogP contribution in [0, 0.1) is 5.82 Å². The fraction of sp³-hybridized carbons (Fsp3) is 0.429. The summed E-state index contributed by atoms with van der Waals surface area (Å²) >= 11 is 0. The minimum Gasteiger partial charge on any atom is -0.337 e. The van der Waals surface area contributed by atoms with Gasteiger partial charge in [0.15, 0.2) is 0 Å². The second-order valence-corrected chi connectivity index (χ2v) is 7.52. The largest absolute Gasteiger partial charge is 0.337 e. The second-order valence-electron chi connectivity index (χ2n) is 7.52. The van der Waals surface area contributed by atoms with Crippen molar-refractivity contribution in [2.75, 3.05) is 6.54 Å². The van der Waals surface area contributed by atoms with Gasteiger partial charge in [0, 0.05) is 36.9 Å². The summed E-state index contributed by atoms with van der Waals surface area (Å²) in [6, 6.07) is 11.0. The first-order chi connectivity index (χ1) is 12.7. The third kappa shape index (κ3) is 3.57. The SMILES string of the molecule is O=C(NCC1(c2ccc(F)cc2)CCC1)N(Cc1cccnc1)C1CC1. The highest BCUT2D eigenvalue weighted by atomic mass is 19.1. The highest BCUT2D eigenvalue weighted by Crippen LogP contribution is 2.43. The molecule has 4 nitrogen and oxygen atoms in total. The van der Waals surface area contributed by atoms with Crippen LogP contribution in [0.2, 0.25) is 0 Å². The summed E-state index contributed by atoms with van der Waals surface area (Å²) in [4.78, 5) is 18.9. The van der Waals surface area contributed by atoms with Crippen molar-refractivity contribution in [3.63, 3.8) is 0 Å². The van der Waals surface area contributed by atoms with Crippen molar-refractivity contribution in [3.8, 4) is 0 Å². The lowest BCUT2D eigenvalue weighted by Crippen LogP contribution is -2.49. The summed E-state index contributed by atoms with van der Waals surface area (Å²) in [5.74, 6) is -0.219. The van der Waals surface area contributed by atoms with Crippen molar-refractivity contribution in [3.05, 3.63) is 65.7 Å². The van der Waals surface area contributed by atoms with E-state index in [2.05, 4.69) is 10.3 Å². The van der Waals surface area contributed by atoms with Crippen LogP contribution in [-0.2, 0) is 12.0 Å². The molecule has 2 aliphatic rings. The molecule has 1 aromatic heterocycles. The predicted octanol–water partition coefficient (Wildman–Crippen LogP) is 4.02. The number of carbonyl (C=O) groups excluding carboxylic acids is 1. The summed E-state index contributed by atoms with van der Waals surface area (Å²) < 4.78 is 13.2. The second kappa shape index (κ2) is 7.06. The van der Waals surface area contributed by atoms with E-state index in [0.717, 1.165) is 43.2 Å². The molecule has 0 spiro atoms. The van der Waals surface area contributed by atoms with Gasteiger partial charge in [-0.3, -0.25) is 4.98 Å². The van der Waals surface area contributed by atoms with Gasteiger partial charge >= 0.3 is 6.03 Å². The Labute approximate surface area is 153 Å². The molecule has 0 radical (unpaired) electrons. The number of benzene rings is 1. The maximum atomic E-state index is 13.2. The van der Waals surface area contributed by atoms with Gasteiger partial charge in [-0.15, -0.1) is 0 Å². The Hall–Kier alpha value is -2.43. The number of urea groups is 1. The number of hydrogen-bond acceptors (Lipinski definition) is 2. The Morgan fingerprint density at radius 3 is 2.58 bits per heavy atom. The first-order valence-corrected chi connectivity index (χ1v) is 9.36. The minimum absolute atomic E-state index is 0.00950. The van der Waals surface area contributed by atoms with Crippen LogP contribution in [-0.4, -0.2) is 28.5 Å². The van der Waals surface area contributed by atoms with Crippen LogP contribution in [0.25, 0.3) is 0 Å². The molecule has 2 fully saturated rings. The molecule has 136 valence electrons. The van der Waals surface area contributed by atoms with Crippen molar-refractivity contribution < 1.29 is 9.18 Å². The van der Waals surface area contributed by atoms with Crippen LogP contribution >= 0.6 is 0 Å². The van der Waals surface area contributed by atoms with Crippen molar-refractivity contribution in [2.24, 2.45) is 0 Å². The van der Waals surface area contributed by atoms with Crippen molar-refractivity contribution >= 4 is 6.03 Å². The first-order valence-electron chi connectivity index (χ1n) is 9.36. The van der Waals surface area contributed by atoms with Crippen molar-refractivity contribution in [2.45, 2.75) is 50.1 Å². The van der Waals surface area contributed by atoms with E-state index >= 15 is 0 Å². The van der Waals surface area contributed by atoms with Crippen LogP contribution in [0.5, 0.6) is 0 Å². The zero-order valence-electron chi connectivity index (χ0n) is 14.8. The Morgan fingerprint density at radius 2 is 2.00 bits per heavy atom. The molecular formula is C21H24FN3O. The van der Waals surface area contributed by atoms with Crippen molar-refractivity contribution in [1.82, 2.24) is 15.2 Å². The summed E-state index contributed by atoms with van der Waals surface area (Å²) in [5.41, 5.74) is 2.12. The average Bonchev–Trinajstić information content (AvgIpc) is 3.46. The molecule has 2 aliphatic carbocycles. The molecule has 1 N–H and O–H groups in total. The quantitative estimate of drug-likeness (QED) is 0.853. The molecule has 5 heteroatoms. The van der Waals surface area contributed by atoms with Gasteiger partial charge in [-0.1, -0.05) is 24.6 Å². The third-order valence-corrected chi connectivity index (χ3v) is 5.67. The van der Waals surface area contributed by atoms with E-state index in [1.807, 2.05) is 35.4 Å². The molecule has 26 heavy (non-hydrogen) atoms. The van der Waals surface area contributed by atoms with Crippen LogP contribution < -0.4 is 5.32 Å². The number of nitrogens with one attached hydrogen (secondary N) is 1. The van der Waals surface area contributed by atoms with Crippen LogP contribution in [0.1, 0.15) is 43.2 Å². The third-order valence-electron chi connectivity index (χ3n) is 5.67. The van der Waals surface area contributed by atoms with Gasteiger partial charge in [-0.05, 0) is 55.0 Å². The zero-order valence-corrected chi connectivity index (χ0v) is 14.8. The monoisotopic (exact) mass is 353 g/mol. The molecule has 0 aliphatic heterocycles. The molecule has 4 rings (SSSR count). The van der Waals surface area contributed by atoms with Crippen molar-refractivity contribution in [1.29, 1.82) is 0 Å². The van der Waals surface area contributed by atoms with E-state index in [-0.39, 0.29) is 17.3 Å². The molecule has 2 aromatic rings. The molecule has 2 amide bonds. The summed E-state index contributed by atoms with van der Waals surface area (Å²) in [5, 5.41) is 3.15. The highest BCUT2D eigenvalue weighted by molar-refractivity contribution is 5.75. The van der Waals surface area contributed by atoms with Gasteiger partial charge in [0.1, 0.15) is 5.82 Å². The lowest BCUT2D eigenvalue weighted by Gasteiger charge is -2.43. The topological polar surface area (TPSA) is 45.2 Å². The molecule has 2 saturated carbocycles. The Kier molecular flexibility index (Phi) is 4.62. The molecule has 0 atom stereocenters. The van der Waals surface area contributed by atoms with E-state index in [0.29, 0.717) is 19.1 Å². The van der Waals surface area contributed by atoms with Gasteiger partial charge in [0.25, 0.3) is 0 Å². The summed E-state index contributed by atoms with van der Waals surface area (Å²) in [6.07, 6.45) is 8.90. The van der Waals surface area contributed by atoms with Gasteiger partial charge in [-0.25, -0.2) is 9.18 Å². The molecule has 1 aromatic carbocycles. The van der Waals surface area contributed by atoms with E-state index < -0.39 is 0 Å². The van der Waals surface area contributed by atoms with Crippen LogP contribution in [0.4, 0.5) is 9.18 Å². The van der Waals surface area contributed by atoms with Crippen LogP contribution in [0.15, 0.2) is 48.8 Å². The lowest BCUT2D eigenvalue weighted by molar-refractivity contribution is 0.178. The Morgan fingerprint density at radius 1 is 1.23 bits per heavy atom. The fourth-order valence-electron chi connectivity index (χ4n) is 3.76. The number of amides is 2. The number of nitrogens with zero attached hydrogens (tertiary/aromatic N) is 2. The number of rotatable bonds is 6. The van der Waals surface area contributed by atoms with Gasteiger partial charge in [0.2, 0.25) is 0 Å². The molecule has 0 bridgehead atoms. The normalized spacial score (nSPS) is 18.0. The van der Waals surface area contributed by atoms with Gasteiger partial charge in [0.05, 0.1) is 0 Å². The summed E-state index contributed by atoms with van der Waals surface area (Å²) in [6.45, 7) is 1.20. The lowest BCUT2D eigenvalue weighted by atomic mass is 9.64.